The predicted molar refractivity (Wildman–Crippen MR) is 115 cm³/mol. The minimum atomic E-state index is 0.507. The molecule has 0 spiro atoms. The monoisotopic (exact) mass is 385 g/mol. The Morgan fingerprint density at radius 1 is 0.759 bits per heavy atom. The third kappa shape index (κ3) is 4.32. The van der Waals surface area contributed by atoms with Crippen molar-refractivity contribution >= 4 is 10.9 Å². The number of benzene rings is 3. The zero-order chi connectivity index (χ0) is 20.1. The Morgan fingerprint density at radius 2 is 1.62 bits per heavy atom. The fourth-order valence-electron chi connectivity index (χ4n) is 3.36. The van der Waals surface area contributed by atoms with Gasteiger partial charge in [-0.15, -0.1) is 0 Å². The Labute approximate surface area is 170 Å². The van der Waals surface area contributed by atoms with Crippen LogP contribution in [0.3, 0.4) is 0 Å². The van der Waals surface area contributed by atoms with Crippen LogP contribution in [0.4, 0.5) is 0 Å². The fraction of sp³-hybridized carbons (Fsp3) is 0.160. The summed E-state index contributed by atoms with van der Waals surface area (Å²) in [5.41, 5.74) is 4.41. The molecule has 0 bridgehead atoms. The molecular weight excluding hydrogens is 362 g/mol. The number of aromatic nitrogens is 1. The van der Waals surface area contributed by atoms with E-state index in [9.17, 15) is 0 Å². The second-order valence-corrected chi connectivity index (χ2v) is 6.79. The fourth-order valence-corrected chi connectivity index (χ4v) is 3.36. The third-order valence-electron chi connectivity index (χ3n) is 4.90. The van der Waals surface area contributed by atoms with Crippen LogP contribution in [0, 0.1) is 0 Å². The first-order chi connectivity index (χ1) is 14.3. The van der Waals surface area contributed by atoms with E-state index in [0.717, 1.165) is 45.7 Å². The molecule has 1 aromatic heterocycles. The largest absolute Gasteiger partial charge is 0.497 e. The Bertz CT molecular complexity index is 1110. The standard InChI is InChI=1S/C25H23NO3/c1-27-21-9-10-22-20(12-13-26-23(22)16-21)14-19-8-11-24(25(15-19)28-2)29-17-18-6-4-3-5-7-18/h3-13,15-16H,14,17H2,1-2H3. The minimum Gasteiger partial charge on any atom is -0.497 e. The summed E-state index contributed by atoms with van der Waals surface area (Å²) in [5, 5.41) is 1.12. The van der Waals surface area contributed by atoms with Gasteiger partial charge in [0.15, 0.2) is 11.5 Å². The molecule has 0 aliphatic heterocycles. The van der Waals surface area contributed by atoms with E-state index < -0.39 is 0 Å². The molecule has 0 radical (unpaired) electrons. The summed E-state index contributed by atoms with van der Waals surface area (Å²) in [6.07, 6.45) is 2.62. The first-order valence-electron chi connectivity index (χ1n) is 9.52. The Kier molecular flexibility index (Phi) is 5.61. The molecule has 3 aromatic carbocycles. The van der Waals surface area contributed by atoms with Gasteiger partial charge in [0.1, 0.15) is 12.4 Å². The van der Waals surface area contributed by atoms with Gasteiger partial charge in [-0.2, -0.15) is 0 Å². The van der Waals surface area contributed by atoms with Crippen LogP contribution in [0.15, 0.2) is 79.0 Å². The smallest absolute Gasteiger partial charge is 0.161 e. The van der Waals surface area contributed by atoms with Crippen molar-refractivity contribution in [2.24, 2.45) is 0 Å². The average molecular weight is 385 g/mol. The molecule has 0 N–H and O–H groups in total. The zero-order valence-electron chi connectivity index (χ0n) is 16.6. The predicted octanol–water partition coefficient (Wildman–Crippen LogP) is 5.42. The van der Waals surface area contributed by atoms with Gasteiger partial charge >= 0.3 is 0 Å². The van der Waals surface area contributed by atoms with Crippen molar-refractivity contribution in [1.29, 1.82) is 0 Å². The summed E-state index contributed by atoms with van der Waals surface area (Å²) in [5.74, 6) is 2.28. The molecule has 0 saturated carbocycles. The maximum absolute atomic E-state index is 5.97. The summed E-state index contributed by atoms with van der Waals surface area (Å²) < 4.78 is 16.9. The van der Waals surface area contributed by atoms with Crippen molar-refractivity contribution in [3.63, 3.8) is 0 Å². The normalized spacial score (nSPS) is 10.7. The number of fused-ring (bicyclic) bond motifs is 1. The van der Waals surface area contributed by atoms with Gasteiger partial charge in [0.05, 0.1) is 19.7 Å². The highest BCUT2D eigenvalue weighted by Crippen LogP contribution is 2.31. The van der Waals surface area contributed by atoms with E-state index in [1.165, 1.54) is 5.56 Å². The second-order valence-electron chi connectivity index (χ2n) is 6.79. The molecule has 4 aromatic rings. The number of hydrogen-bond donors (Lipinski definition) is 0. The highest BCUT2D eigenvalue weighted by atomic mass is 16.5. The van der Waals surface area contributed by atoms with Gasteiger partial charge in [-0.05, 0) is 53.4 Å². The number of ether oxygens (including phenoxy) is 3. The van der Waals surface area contributed by atoms with Gasteiger partial charge < -0.3 is 14.2 Å². The molecule has 0 unspecified atom stereocenters. The van der Waals surface area contributed by atoms with E-state index in [0.29, 0.717) is 6.61 Å². The lowest BCUT2D eigenvalue weighted by molar-refractivity contribution is 0.284. The van der Waals surface area contributed by atoms with Crippen LogP contribution in [-0.2, 0) is 13.0 Å². The van der Waals surface area contributed by atoms with Gasteiger partial charge in [-0.25, -0.2) is 0 Å². The Morgan fingerprint density at radius 3 is 2.41 bits per heavy atom. The van der Waals surface area contributed by atoms with Crippen molar-refractivity contribution in [2.75, 3.05) is 14.2 Å². The summed E-state index contributed by atoms with van der Waals surface area (Å²) in [6.45, 7) is 0.507. The molecule has 4 rings (SSSR count). The van der Waals surface area contributed by atoms with Crippen molar-refractivity contribution in [3.8, 4) is 17.2 Å². The zero-order valence-corrected chi connectivity index (χ0v) is 16.6. The van der Waals surface area contributed by atoms with Crippen molar-refractivity contribution in [1.82, 2.24) is 4.98 Å². The lowest BCUT2D eigenvalue weighted by atomic mass is 10.0. The molecule has 29 heavy (non-hydrogen) atoms. The highest BCUT2D eigenvalue weighted by molar-refractivity contribution is 5.83. The quantitative estimate of drug-likeness (QED) is 0.426. The van der Waals surface area contributed by atoms with E-state index in [-0.39, 0.29) is 0 Å². The van der Waals surface area contributed by atoms with Crippen LogP contribution in [0.2, 0.25) is 0 Å². The first kappa shape index (κ1) is 18.8. The van der Waals surface area contributed by atoms with Gasteiger partial charge in [-0.3, -0.25) is 4.98 Å². The summed E-state index contributed by atoms with van der Waals surface area (Å²) >= 11 is 0. The topological polar surface area (TPSA) is 40.6 Å². The Hall–Kier alpha value is -3.53. The molecule has 4 nitrogen and oxygen atoms in total. The van der Waals surface area contributed by atoms with Gasteiger partial charge in [0.25, 0.3) is 0 Å². The van der Waals surface area contributed by atoms with Crippen LogP contribution >= 0.6 is 0 Å². The maximum atomic E-state index is 5.97. The number of hydrogen-bond acceptors (Lipinski definition) is 4. The SMILES string of the molecule is COc1ccc2c(Cc3ccc(OCc4ccccc4)c(OC)c3)ccnc2c1. The number of pyridine rings is 1. The Balaban J connectivity index is 1.56. The second kappa shape index (κ2) is 8.65. The van der Waals surface area contributed by atoms with E-state index in [4.69, 9.17) is 14.2 Å². The van der Waals surface area contributed by atoms with E-state index in [2.05, 4.69) is 23.2 Å². The van der Waals surface area contributed by atoms with Crippen molar-refractivity contribution in [3.05, 3.63) is 95.7 Å². The lowest BCUT2D eigenvalue weighted by Crippen LogP contribution is -1.99. The van der Waals surface area contributed by atoms with E-state index >= 15 is 0 Å². The van der Waals surface area contributed by atoms with Gasteiger partial charge in [0.2, 0.25) is 0 Å². The number of methoxy groups -OCH3 is 2. The molecular formula is C25H23NO3. The average Bonchev–Trinajstić information content (AvgIpc) is 2.78. The summed E-state index contributed by atoms with van der Waals surface area (Å²) in [6, 6.07) is 24.2. The molecule has 4 heteroatoms. The minimum absolute atomic E-state index is 0.507. The lowest BCUT2D eigenvalue weighted by Gasteiger charge is -2.13. The first-order valence-corrected chi connectivity index (χ1v) is 9.52. The third-order valence-corrected chi connectivity index (χ3v) is 4.90. The van der Waals surface area contributed by atoms with Gasteiger partial charge in [-0.1, -0.05) is 36.4 Å². The number of rotatable bonds is 7. The molecule has 1 heterocycles. The van der Waals surface area contributed by atoms with Crippen LogP contribution in [0.25, 0.3) is 10.9 Å². The maximum Gasteiger partial charge on any atom is 0.161 e. The molecule has 0 amide bonds. The van der Waals surface area contributed by atoms with E-state index in [1.54, 1.807) is 14.2 Å². The van der Waals surface area contributed by atoms with Crippen LogP contribution in [0.1, 0.15) is 16.7 Å². The molecule has 0 aliphatic rings. The van der Waals surface area contributed by atoms with Crippen LogP contribution in [-0.4, -0.2) is 19.2 Å². The number of nitrogens with zero attached hydrogens (tertiary/aromatic N) is 1. The molecule has 0 fully saturated rings. The van der Waals surface area contributed by atoms with Crippen molar-refractivity contribution < 1.29 is 14.2 Å². The molecule has 0 atom stereocenters. The van der Waals surface area contributed by atoms with Crippen LogP contribution in [0.5, 0.6) is 17.2 Å². The summed E-state index contributed by atoms with van der Waals surface area (Å²) in [7, 11) is 3.33. The highest BCUT2D eigenvalue weighted by Gasteiger charge is 2.09. The van der Waals surface area contributed by atoms with Gasteiger partial charge in [0, 0.05) is 17.6 Å². The molecule has 0 aliphatic carbocycles. The summed E-state index contributed by atoms with van der Waals surface area (Å²) in [4.78, 5) is 4.47. The van der Waals surface area contributed by atoms with Crippen molar-refractivity contribution in [2.45, 2.75) is 13.0 Å². The van der Waals surface area contributed by atoms with E-state index in [1.807, 2.05) is 60.8 Å². The molecule has 0 saturated heterocycles. The molecule has 146 valence electrons. The van der Waals surface area contributed by atoms with Crippen LogP contribution < -0.4 is 14.2 Å².